The zero-order chi connectivity index (χ0) is 12.3. The molecule has 1 aliphatic heterocycles. The number of ether oxygens (including phenoxy) is 1. The number of carbonyl (C=O) groups excluding carboxylic acids is 1. The summed E-state index contributed by atoms with van der Waals surface area (Å²) in [7, 11) is 0. The van der Waals surface area contributed by atoms with Gasteiger partial charge >= 0.3 is 0 Å². The molecule has 0 bridgehead atoms. The predicted octanol–water partition coefficient (Wildman–Crippen LogP) is 2.42. The number of benzene rings is 1. The number of hydrogen-bond acceptors (Lipinski definition) is 2. The van der Waals surface area contributed by atoms with Crippen LogP contribution < -0.4 is 10.1 Å². The van der Waals surface area contributed by atoms with Gasteiger partial charge in [0.15, 0.2) is 0 Å². The summed E-state index contributed by atoms with van der Waals surface area (Å²) in [6.07, 6.45) is 0.692. The third kappa shape index (κ3) is 2.80. The molecule has 1 heterocycles. The maximum atomic E-state index is 12.0. The molecule has 0 aliphatic carbocycles. The number of rotatable bonds is 3. The van der Waals surface area contributed by atoms with Gasteiger partial charge in [0.05, 0.1) is 19.1 Å². The van der Waals surface area contributed by atoms with E-state index in [2.05, 4.69) is 11.9 Å². The van der Waals surface area contributed by atoms with E-state index >= 15 is 0 Å². The lowest BCUT2D eigenvalue weighted by atomic mass is 9.92. The van der Waals surface area contributed by atoms with Crippen molar-refractivity contribution in [2.75, 3.05) is 13.2 Å². The molecule has 1 amide bonds. The van der Waals surface area contributed by atoms with Gasteiger partial charge in [-0.1, -0.05) is 36.4 Å². The molecule has 1 aliphatic rings. The maximum Gasteiger partial charge on any atom is 0.228 e. The molecule has 1 N–H and O–H groups in total. The van der Waals surface area contributed by atoms with Gasteiger partial charge in [-0.15, -0.1) is 0 Å². The lowest BCUT2D eigenvalue weighted by Crippen LogP contribution is -2.33. The quantitative estimate of drug-likeness (QED) is 0.896. The Bertz CT molecular complexity index is 445. The highest BCUT2D eigenvalue weighted by molar-refractivity contribution is 6.29. The first kappa shape index (κ1) is 12.0. The molecule has 90 valence electrons. The van der Waals surface area contributed by atoms with Gasteiger partial charge in [0.2, 0.25) is 5.91 Å². The lowest BCUT2D eigenvalue weighted by molar-refractivity contribution is -0.123. The van der Waals surface area contributed by atoms with Crippen LogP contribution in [0.4, 0.5) is 0 Å². The molecule has 1 atom stereocenters. The standard InChI is InChI=1S/C13H14ClNO2/c1-9(14)8-15-13(16)11-6-7-17-12-5-3-2-4-10(11)12/h2-5,11H,1,6-8H2,(H,15,16). The SMILES string of the molecule is C=C(Cl)CNC(=O)C1CCOc2ccccc21. The van der Waals surface area contributed by atoms with Crippen LogP contribution in [0.5, 0.6) is 5.75 Å². The van der Waals surface area contributed by atoms with Crippen LogP contribution in [0.15, 0.2) is 35.9 Å². The Morgan fingerprint density at radius 3 is 3.06 bits per heavy atom. The number of amides is 1. The van der Waals surface area contributed by atoms with E-state index in [0.29, 0.717) is 24.6 Å². The summed E-state index contributed by atoms with van der Waals surface area (Å²) in [4.78, 5) is 12.0. The van der Waals surface area contributed by atoms with Crippen molar-refractivity contribution >= 4 is 17.5 Å². The fraction of sp³-hybridized carbons (Fsp3) is 0.308. The Labute approximate surface area is 105 Å². The van der Waals surface area contributed by atoms with Gasteiger partial charge in [-0.05, 0) is 12.5 Å². The van der Waals surface area contributed by atoms with E-state index < -0.39 is 0 Å². The zero-order valence-electron chi connectivity index (χ0n) is 9.41. The van der Waals surface area contributed by atoms with Crippen LogP contribution in [-0.4, -0.2) is 19.1 Å². The Morgan fingerprint density at radius 2 is 2.29 bits per heavy atom. The molecule has 4 heteroatoms. The second-order valence-electron chi connectivity index (χ2n) is 3.96. The number of nitrogens with one attached hydrogen (secondary N) is 1. The van der Waals surface area contributed by atoms with Crippen LogP contribution in [-0.2, 0) is 4.79 Å². The summed E-state index contributed by atoms with van der Waals surface area (Å²) in [5, 5.41) is 3.20. The van der Waals surface area contributed by atoms with E-state index in [4.69, 9.17) is 16.3 Å². The molecule has 0 radical (unpaired) electrons. The summed E-state index contributed by atoms with van der Waals surface area (Å²) in [5.74, 6) is 0.613. The zero-order valence-corrected chi connectivity index (χ0v) is 10.2. The minimum absolute atomic E-state index is 0.0254. The molecule has 1 aromatic carbocycles. The van der Waals surface area contributed by atoms with E-state index in [1.54, 1.807) is 0 Å². The van der Waals surface area contributed by atoms with Crippen molar-refractivity contribution in [3.8, 4) is 5.75 Å². The molecule has 0 aromatic heterocycles. The summed E-state index contributed by atoms with van der Waals surface area (Å²) < 4.78 is 5.51. The fourth-order valence-electron chi connectivity index (χ4n) is 1.92. The van der Waals surface area contributed by atoms with Crippen LogP contribution in [0.1, 0.15) is 17.9 Å². The second kappa shape index (κ2) is 5.23. The molecular weight excluding hydrogens is 238 g/mol. The van der Waals surface area contributed by atoms with Crippen LogP contribution >= 0.6 is 11.6 Å². The Morgan fingerprint density at radius 1 is 1.53 bits per heavy atom. The van der Waals surface area contributed by atoms with Crippen LogP contribution in [0.25, 0.3) is 0 Å². The number of hydrogen-bond donors (Lipinski definition) is 1. The Kier molecular flexibility index (Phi) is 3.69. The summed E-state index contributed by atoms with van der Waals surface area (Å²) >= 11 is 5.63. The van der Waals surface area contributed by atoms with Gasteiger partial charge in [-0.3, -0.25) is 4.79 Å². The second-order valence-corrected chi connectivity index (χ2v) is 4.50. The smallest absolute Gasteiger partial charge is 0.228 e. The van der Waals surface area contributed by atoms with Crippen molar-refractivity contribution in [1.29, 1.82) is 0 Å². The molecule has 17 heavy (non-hydrogen) atoms. The predicted molar refractivity (Wildman–Crippen MR) is 67.3 cm³/mol. The van der Waals surface area contributed by atoms with Gasteiger partial charge in [0.25, 0.3) is 0 Å². The minimum Gasteiger partial charge on any atom is -0.493 e. The fourth-order valence-corrected chi connectivity index (χ4v) is 1.99. The number of carbonyl (C=O) groups is 1. The van der Waals surface area contributed by atoms with E-state index in [-0.39, 0.29) is 11.8 Å². The van der Waals surface area contributed by atoms with E-state index in [1.165, 1.54) is 0 Å². The average Bonchev–Trinajstić information content (AvgIpc) is 2.35. The topological polar surface area (TPSA) is 38.3 Å². The normalized spacial score (nSPS) is 17.8. The number of para-hydroxylation sites is 1. The average molecular weight is 252 g/mol. The Hall–Kier alpha value is -1.48. The molecule has 0 saturated carbocycles. The summed E-state index contributed by atoms with van der Waals surface area (Å²) in [6.45, 7) is 4.41. The van der Waals surface area contributed by atoms with Crippen molar-refractivity contribution in [2.24, 2.45) is 0 Å². The third-order valence-electron chi connectivity index (χ3n) is 2.73. The highest BCUT2D eigenvalue weighted by Gasteiger charge is 2.26. The van der Waals surface area contributed by atoms with Gasteiger partial charge in [0, 0.05) is 10.6 Å². The molecular formula is C13H14ClNO2. The van der Waals surface area contributed by atoms with Gasteiger partial charge in [0.1, 0.15) is 5.75 Å². The van der Waals surface area contributed by atoms with Crippen LogP contribution in [0.2, 0.25) is 0 Å². The monoisotopic (exact) mass is 251 g/mol. The largest absolute Gasteiger partial charge is 0.493 e. The number of halogens is 1. The van der Waals surface area contributed by atoms with Crippen molar-refractivity contribution < 1.29 is 9.53 Å². The lowest BCUT2D eigenvalue weighted by Gasteiger charge is -2.24. The van der Waals surface area contributed by atoms with Crippen LogP contribution in [0, 0.1) is 0 Å². The molecule has 1 unspecified atom stereocenters. The number of fused-ring (bicyclic) bond motifs is 1. The first-order chi connectivity index (χ1) is 8.18. The molecule has 0 saturated heterocycles. The van der Waals surface area contributed by atoms with Crippen molar-refractivity contribution in [3.05, 3.63) is 41.4 Å². The first-order valence-corrected chi connectivity index (χ1v) is 5.89. The molecule has 2 rings (SSSR count). The highest BCUT2D eigenvalue weighted by Crippen LogP contribution is 2.33. The molecule has 3 nitrogen and oxygen atoms in total. The van der Waals surface area contributed by atoms with Crippen molar-refractivity contribution in [3.63, 3.8) is 0 Å². The first-order valence-electron chi connectivity index (χ1n) is 5.51. The van der Waals surface area contributed by atoms with Gasteiger partial charge in [-0.25, -0.2) is 0 Å². The molecule has 0 spiro atoms. The van der Waals surface area contributed by atoms with E-state index in [1.807, 2.05) is 24.3 Å². The third-order valence-corrected chi connectivity index (χ3v) is 2.86. The van der Waals surface area contributed by atoms with Crippen LogP contribution in [0.3, 0.4) is 0 Å². The van der Waals surface area contributed by atoms with Gasteiger partial charge < -0.3 is 10.1 Å². The van der Waals surface area contributed by atoms with Crippen molar-refractivity contribution in [1.82, 2.24) is 5.32 Å². The van der Waals surface area contributed by atoms with Crippen molar-refractivity contribution in [2.45, 2.75) is 12.3 Å². The maximum absolute atomic E-state index is 12.0. The highest BCUT2D eigenvalue weighted by atomic mass is 35.5. The summed E-state index contributed by atoms with van der Waals surface area (Å²) in [6, 6.07) is 7.62. The van der Waals surface area contributed by atoms with E-state index in [9.17, 15) is 4.79 Å². The van der Waals surface area contributed by atoms with E-state index in [0.717, 1.165) is 11.3 Å². The molecule has 0 fully saturated rings. The summed E-state index contributed by atoms with van der Waals surface area (Å²) in [5.41, 5.74) is 0.941. The minimum atomic E-state index is -0.157. The molecule has 1 aromatic rings. The van der Waals surface area contributed by atoms with Gasteiger partial charge in [-0.2, -0.15) is 0 Å². The Balaban J connectivity index is 2.12.